The van der Waals surface area contributed by atoms with Crippen LogP contribution in [0.3, 0.4) is 0 Å². The van der Waals surface area contributed by atoms with Crippen LogP contribution in [0.5, 0.6) is 0 Å². The first kappa shape index (κ1) is 21.8. The predicted octanol–water partition coefficient (Wildman–Crippen LogP) is 5.52. The third-order valence-electron chi connectivity index (χ3n) is 6.21. The minimum Gasteiger partial charge on any atom is -0.381 e. The van der Waals surface area contributed by atoms with Crippen molar-refractivity contribution >= 4 is 15.4 Å². The fourth-order valence-electron chi connectivity index (χ4n) is 4.21. The van der Waals surface area contributed by atoms with Crippen LogP contribution in [0, 0.1) is 0 Å². The third kappa shape index (κ3) is 4.49. The summed E-state index contributed by atoms with van der Waals surface area (Å²) in [5.41, 5.74) is 6.33. The lowest BCUT2D eigenvalue weighted by Crippen LogP contribution is -2.33. The molecule has 4 heteroatoms. The van der Waals surface area contributed by atoms with Crippen molar-refractivity contribution in [2.75, 3.05) is 20.0 Å². The van der Waals surface area contributed by atoms with Crippen LogP contribution in [0.2, 0.25) is 0 Å². The molecule has 0 aromatic heterocycles. The summed E-state index contributed by atoms with van der Waals surface area (Å²) in [7, 11) is -1.53. The van der Waals surface area contributed by atoms with E-state index in [-0.39, 0.29) is 10.8 Å². The maximum Gasteiger partial charge on any atom is 0.175 e. The Bertz CT molecular complexity index is 1030. The number of rotatable bonds is 5. The van der Waals surface area contributed by atoms with Crippen LogP contribution in [0.4, 0.5) is 0 Å². The average Bonchev–Trinajstić information content (AvgIpc) is 2.65. The molecule has 0 unspecified atom stereocenters. The molecule has 0 fully saturated rings. The van der Waals surface area contributed by atoms with Gasteiger partial charge in [-0.25, -0.2) is 8.42 Å². The number of sulfone groups is 1. The Hall–Kier alpha value is -1.91. The van der Waals surface area contributed by atoms with Crippen LogP contribution in [0.1, 0.15) is 62.8 Å². The number of methoxy groups -OCH3 is 1. The van der Waals surface area contributed by atoms with Crippen molar-refractivity contribution in [2.24, 2.45) is 0 Å². The van der Waals surface area contributed by atoms with Gasteiger partial charge in [0.15, 0.2) is 9.84 Å². The molecule has 0 bridgehead atoms. The van der Waals surface area contributed by atoms with Crippen molar-refractivity contribution in [3.63, 3.8) is 0 Å². The molecular formula is C25H32O3S. The van der Waals surface area contributed by atoms with E-state index in [2.05, 4.69) is 52.0 Å². The minimum absolute atomic E-state index is 0.132. The molecule has 2 aromatic carbocycles. The first-order valence-corrected chi connectivity index (χ1v) is 12.0. The van der Waals surface area contributed by atoms with Gasteiger partial charge in [0.1, 0.15) is 0 Å². The first-order valence-electron chi connectivity index (χ1n) is 10.1. The summed E-state index contributed by atoms with van der Waals surface area (Å²) in [6, 6.07) is 13.9. The Labute approximate surface area is 175 Å². The molecule has 0 atom stereocenters. The van der Waals surface area contributed by atoms with Crippen molar-refractivity contribution in [1.29, 1.82) is 0 Å². The van der Waals surface area contributed by atoms with Gasteiger partial charge in [0, 0.05) is 13.4 Å². The van der Waals surface area contributed by atoms with E-state index in [1.807, 2.05) is 12.1 Å². The number of ether oxygens (including phenoxy) is 1. The van der Waals surface area contributed by atoms with Gasteiger partial charge in [-0.15, -0.1) is 0 Å². The maximum atomic E-state index is 11.8. The highest BCUT2D eigenvalue weighted by Gasteiger charge is 2.37. The quantitative estimate of drug-likeness (QED) is 0.650. The average molecular weight is 413 g/mol. The largest absolute Gasteiger partial charge is 0.381 e. The van der Waals surface area contributed by atoms with E-state index in [0.29, 0.717) is 11.5 Å². The number of hydrogen-bond donors (Lipinski definition) is 0. The van der Waals surface area contributed by atoms with Gasteiger partial charge in [-0.2, -0.15) is 0 Å². The lowest BCUT2D eigenvalue weighted by atomic mass is 9.63. The smallest absolute Gasteiger partial charge is 0.175 e. The Balaban J connectivity index is 2.12. The van der Waals surface area contributed by atoms with Crippen LogP contribution < -0.4 is 0 Å². The standard InChI is InChI=1S/C25H32O3S/c1-24(2)14-15-25(3,4)23-17-19(9-12-22(23)24)21(13-16-28-5)18-7-10-20(11-8-18)29(6,26)27/h7-13,17H,14-16H2,1-6H3. The molecule has 29 heavy (non-hydrogen) atoms. The van der Waals surface area contributed by atoms with Gasteiger partial charge in [-0.1, -0.05) is 64.1 Å². The topological polar surface area (TPSA) is 43.4 Å². The maximum absolute atomic E-state index is 11.8. The minimum atomic E-state index is -3.21. The molecule has 0 heterocycles. The van der Waals surface area contributed by atoms with Crippen molar-refractivity contribution in [3.05, 3.63) is 70.8 Å². The van der Waals surface area contributed by atoms with E-state index >= 15 is 0 Å². The van der Waals surface area contributed by atoms with Crippen molar-refractivity contribution < 1.29 is 13.2 Å². The van der Waals surface area contributed by atoms with E-state index in [1.54, 1.807) is 19.2 Å². The molecule has 0 spiro atoms. The molecular weight excluding hydrogens is 380 g/mol. The van der Waals surface area contributed by atoms with Gasteiger partial charge in [0.05, 0.1) is 11.5 Å². The molecule has 0 saturated carbocycles. The third-order valence-corrected chi connectivity index (χ3v) is 7.34. The highest BCUT2D eigenvalue weighted by Crippen LogP contribution is 2.46. The van der Waals surface area contributed by atoms with Crippen LogP contribution >= 0.6 is 0 Å². The molecule has 2 aromatic rings. The van der Waals surface area contributed by atoms with E-state index in [4.69, 9.17) is 4.74 Å². The van der Waals surface area contributed by atoms with Crippen LogP contribution in [0.25, 0.3) is 5.57 Å². The van der Waals surface area contributed by atoms with Gasteiger partial charge < -0.3 is 4.74 Å². The zero-order valence-corrected chi connectivity index (χ0v) is 19.2. The Kier molecular flexibility index (Phi) is 5.81. The molecule has 0 N–H and O–H groups in total. The van der Waals surface area contributed by atoms with Crippen molar-refractivity contribution in [3.8, 4) is 0 Å². The second kappa shape index (κ2) is 7.73. The summed E-state index contributed by atoms with van der Waals surface area (Å²) in [6.07, 6.45) is 5.65. The van der Waals surface area contributed by atoms with Gasteiger partial charge in [-0.05, 0) is 63.6 Å². The number of benzene rings is 2. The SMILES string of the molecule is COCC=C(c1ccc(S(C)(=O)=O)cc1)c1ccc2c(c1)C(C)(C)CCC2(C)C. The Morgan fingerprint density at radius 3 is 2.03 bits per heavy atom. The molecule has 3 nitrogen and oxygen atoms in total. The van der Waals surface area contributed by atoms with Crippen molar-refractivity contribution in [1.82, 2.24) is 0 Å². The van der Waals surface area contributed by atoms with Gasteiger partial charge in [0.2, 0.25) is 0 Å². The molecule has 0 saturated heterocycles. The van der Waals surface area contributed by atoms with E-state index in [1.165, 1.54) is 23.8 Å². The number of fused-ring (bicyclic) bond motifs is 1. The second-order valence-corrected chi connectivity index (χ2v) is 11.4. The fourth-order valence-corrected chi connectivity index (χ4v) is 4.84. The predicted molar refractivity (Wildman–Crippen MR) is 120 cm³/mol. The summed E-state index contributed by atoms with van der Waals surface area (Å²) in [5, 5.41) is 0. The molecule has 0 radical (unpaired) electrons. The molecule has 1 aliphatic carbocycles. The molecule has 1 aliphatic rings. The van der Waals surface area contributed by atoms with E-state index < -0.39 is 9.84 Å². The zero-order chi connectivity index (χ0) is 21.4. The summed E-state index contributed by atoms with van der Waals surface area (Å²) in [6.45, 7) is 9.79. The lowest BCUT2D eigenvalue weighted by molar-refractivity contribution is 0.234. The van der Waals surface area contributed by atoms with Crippen molar-refractivity contribution in [2.45, 2.75) is 56.3 Å². The highest BCUT2D eigenvalue weighted by molar-refractivity contribution is 7.90. The van der Waals surface area contributed by atoms with Crippen LogP contribution in [0.15, 0.2) is 53.4 Å². The number of hydrogen-bond acceptors (Lipinski definition) is 3. The van der Waals surface area contributed by atoms with E-state index in [0.717, 1.165) is 23.1 Å². The lowest BCUT2D eigenvalue weighted by Gasteiger charge is -2.42. The zero-order valence-electron chi connectivity index (χ0n) is 18.4. The summed E-state index contributed by atoms with van der Waals surface area (Å²) < 4.78 is 28.9. The fraction of sp³-hybridized carbons (Fsp3) is 0.440. The second-order valence-electron chi connectivity index (χ2n) is 9.40. The summed E-state index contributed by atoms with van der Waals surface area (Å²) in [4.78, 5) is 0.334. The van der Waals surface area contributed by atoms with E-state index in [9.17, 15) is 8.42 Å². The van der Waals surface area contributed by atoms with Crippen LogP contribution in [-0.4, -0.2) is 28.4 Å². The summed E-state index contributed by atoms with van der Waals surface area (Å²) in [5.74, 6) is 0. The van der Waals surface area contributed by atoms with Crippen LogP contribution in [-0.2, 0) is 25.4 Å². The van der Waals surface area contributed by atoms with Gasteiger partial charge >= 0.3 is 0 Å². The molecule has 156 valence electrons. The molecule has 3 rings (SSSR count). The van der Waals surface area contributed by atoms with Gasteiger partial charge in [-0.3, -0.25) is 0 Å². The summed E-state index contributed by atoms with van der Waals surface area (Å²) >= 11 is 0. The monoisotopic (exact) mass is 412 g/mol. The molecule has 0 aliphatic heterocycles. The Morgan fingerprint density at radius 2 is 1.48 bits per heavy atom. The molecule has 0 amide bonds. The Morgan fingerprint density at radius 1 is 0.931 bits per heavy atom. The highest BCUT2D eigenvalue weighted by atomic mass is 32.2. The first-order chi connectivity index (χ1) is 13.5. The van der Waals surface area contributed by atoms with Gasteiger partial charge in [0.25, 0.3) is 0 Å². The normalized spacial score (nSPS) is 18.3.